The summed E-state index contributed by atoms with van der Waals surface area (Å²) in [7, 11) is 0. The minimum atomic E-state index is -2.21. The first-order chi connectivity index (χ1) is 39.8. The van der Waals surface area contributed by atoms with Gasteiger partial charge in [0, 0.05) is 23.8 Å². The molecule has 84 heavy (non-hydrogen) atoms. The number of benzene rings is 3. The van der Waals surface area contributed by atoms with Gasteiger partial charge in [0.2, 0.25) is 23.8 Å². The summed E-state index contributed by atoms with van der Waals surface area (Å²) < 4.78 is 70.6. The van der Waals surface area contributed by atoms with Crippen LogP contribution in [0.15, 0.2) is 76.0 Å². The Balaban J connectivity index is 1.03. The minimum Gasteiger partial charge on any atom is -0.508 e. The summed E-state index contributed by atoms with van der Waals surface area (Å²) in [6, 6.07) is 12.7. The maximum Gasteiger partial charge on any atom is 0.331 e. The number of carbonyl (C=O) groups excluding carboxylic acids is 1. The predicted octanol–water partition coefficient (Wildman–Crippen LogP) is -4.25. The lowest BCUT2D eigenvalue weighted by Gasteiger charge is -2.47. The van der Waals surface area contributed by atoms with E-state index in [1.807, 2.05) is 0 Å². The molecule has 0 unspecified atom stereocenters. The number of esters is 1. The smallest absolute Gasteiger partial charge is 0.331 e. The zero-order valence-corrected chi connectivity index (χ0v) is 44.6. The third-order valence-electron chi connectivity index (χ3n) is 14.9. The van der Waals surface area contributed by atoms with Crippen LogP contribution in [0.1, 0.15) is 26.3 Å². The number of aliphatic hydroxyl groups excluding tert-OH is 13. The molecule has 3 aromatic carbocycles. The summed E-state index contributed by atoms with van der Waals surface area (Å²) in [6.45, 7) is 2.30. The second-order valence-corrected chi connectivity index (χ2v) is 20.8. The van der Waals surface area contributed by atoms with Crippen LogP contribution in [0, 0.1) is 0 Å². The van der Waals surface area contributed by atoms with Crippen molar-refractivity contribution in [3.8, 4) is 40.1 Å². The molecular formula is C54H66O30. The Morgan fingerprint density at radius 3 is 1.70 bits per heavy atom. The van der Waals surface area contributed by atoms with Gasteiger partial charge in [-0.25, -0.2) is 4.79 Å². The van der Waals surface area contributed by atoms with E-state index in [1.165, 1.54) is 75.4 Å². The zero-order valence-electron chi connectivity index (χ0n) is 44.6. The van der Waals surface area contributed by atoms with Crippen LogP contribution < -0.4 is 14.9 Å². The predicted molar refractivity (Wildman–Crippen MR) is 275 cm³/mol. The SMILES string of the molecule is C[C@@H]1O[C@@H](Oc2cc(O)c3c(=O)c(O[C@@H]4O[C@H](CO[C@@H]5O[C@@H](C)[C@H](OC(=O)C=Cc6ccc(O)cc6)[C@@H](O[C@@H]6O[C@H](CO)[C@@H](O)[C@H](O)[C@H]6O)[C@H]5O)[C@H](O)[C@H](O)[C@H]4O[C@@H]4O[C@@H](C)[C@H](O)[C@@H](O)[C@H]4O)c(-c4ccc(O)cc4)oc3c2)[C@H](O)[C@H](O)[C@H]1O. The summed E-state index contributed by atoms with van der Waals surface area (Å²) in [4.78, 5) is 28.2. The Bertz CT molecular complexity index is 2960. The first kappa shape index (κ1) is 62.8. The quantitative estimate of drug-likeness (QED) is 0.0373. The van der Waals surface area contributed by atoms with Crippen molar-refractivity contribution < 1.29 is 143 Å². The van der Waals surface area contributed by atoms with Gasteiger partial charge in [0.1, 0.15) is 126 Å². The molecule has 0 spiro atoms. The van der Waals surface area contributed by atoms with Crippen LogP contribution in [-0.4, -0.2) is 254 Å². The molecule has 4 aromatic rings. The van der Waals surface area contributed by atoms with Crippen molar-refractivity contribution >= 4 is 23.0 Å². The molecule has 0 saturated carbocycles. The second-order valence-electron chi connectivity index (χ2n) is 20.8. The van der Waals surface area contributed by atoms with E-state index < -0.39 is 206 Å². The van der Waals surface area contributed by atoms with Crippen molar-refractivity contribution in [1.29, 1.82) is 0 Å². The van der Waals surface area contributed by atoms with Crippen molar-refractivity contribution in [1.82, 2.24) is 0 Å². The molecule has 16 N–H and O–H groups in total. The van der Waals surface area contributed by atoms with Crippen LogP contribution in [0.2, 0.25) is 0 Å². The van der Waals surface area contributed by atoms with E-state index in [0.717, 1.165) is 18.2 Å². The largest absolute Gasteiger partial charge is 0.508 e. The number of aromatic hydroxyl groups is 3. The Hall–Kier alpha value is -5.76. The van der Waals surface area contributed by atoms with E-state index >= 15 is 0 Å². The highest BCUT2D eigenvalue weighted by molar-refractivity contribution is 5.88. The van der Waals surface area contributed by atoms with E-state index in [-0.39, 0.29) is 22.8 Å². The first-order valence-corrected chi connectivity index (χ1v) is 26.5. The monoisotopic (exact) mass is 1190 g/mol. The van der Waals surface area contributed by atoms with Gasteiger partial charge in [0.05, 0.1) is 31.5 Å². The lowest BCUT2D eigenvalue weighted by molar-refractivity contribution is -0.368. The number of hydrogen-bond acceptors (Lipinski definition) is 30. The lowest BCUT2D eigenvalue weighted by atomic mass is 9.96. The van der Waals surface area contributed by atoms with Crippen LogP contribution in [0.3, 0.4) is 0 Å². The van der Waals surface area contributed by atoms with Crippen LogP contribution >= 0.6 is 0 Å². The molecule has 5 aliphatic rings. The third-order valence-corrected chi connectivity index (χ3v) is 14.9. The molecule has 30 nitrogen and oxygen atoms in total. The molecule has 0 amide bonds. The van der Waals surface area contributed by atoms with E-state index in [4.69, 9.17) is 56.5 Å². The number of aliphatic hydroxyl groups is 13. The van der Waals surface area contributed by atoms with Gasteiger partial charge in [-0.2, -0.15) is 0 Å². The van der Waals surface area contributed by atoms with Gasteiger partial charge in [-0.05, 0) is 68.8 Å². The number of hydrogen-bond donors (Lipinski definition) is 16. The van der Waals surface area contributed by atoms with Crippen LogP contribution in [-0.2, 0) is 47.4 Å². The van der Waals surface area contributed by atoms with E-state index in [2.05, 4.69) is 0 Å². The standard InChI is InChI=1S/C54H66O30/c1-18-32(60)37(65)41(69)51(74-18)77-25-14-26(58)31-27(15-25)78-46(22-7-11-24(57)12-8-22)47(36(31)64)83-54-49(84-52-42(70)38(66)33(61)19(2)75-52)40(68)35(63)29(80-54)17-73-50-44(72)48(82-53-43(71)39(67)34(62)28(16-55)79-53)45(20(3)76-50)81-30(59)13-6-21-4-9-23(56)10-5-21/h4-15,18-20,28-29,32-35,37-45,48-58,60-63,65-72H,16-17H2,1-3H3/t18-,19-,20-,28+,29+,32-,33-,34+,35-,37+,38+,39-,40-,41+,42+,43+,44+,45-,48-,49+,50+,51-,52-,53-,54-/m0/s1. The Morgan fingerprint density at radius 2 is 1.07 bits per heavy atom. The fourth-order valence-electron chi connectivity index (χ4n) is 10.1. The highest BCUT2D eigenvalue weighted by Crippen LogP contribution is 2.40. The number of phenolic OH excluding ortho intramolecular Hbond substituents is 3. The fraction of sp³-hybridized carbons (Fsp3) is 0.556. The normalized spacial score (nSPS) is 39.3. The van der Waals surface area contributed by atoms with Gasteiger partial charge in [0.15, 0.2) is 36.8 Å². The van der Waals surface area contributed by atoms with Crippen molar-refractivity contribution in [2.75, 3.05) is 13.2 Å². The number of rotatable bonds is 16. The van der Waals surface area contributed by atoms with Gasteiger partial charge in [0.25, 0.3) is 0 Å². The molecule has 0 aliphatic carbocycles. The van der Waals surface area contributed by atoms with Crippen LogP contribution in [0.25, 0.3) is 28.4 Å². The number of ether oxygens (including phenoxy) is 11. The second kappa shape index (κ2) is 26.1. The molecule has 5 saturated heterocycles. The highest BCUT2D eigenvalue weighted by atomic mass is 16.8. The lowest BCUT2D eigenvalue weighted by Crippen LogP contribution is -2.66. The van der Waals surface area contributed by atoms with Gasteiger partial charge >= 0.3 is 5.97 Å². The molecule has 30 heteroatoms. The molecule has 9 rings (SSSR count). The molecule has 0 radical (unpaired) electrons. The number of carbonyl (C=O) groups is 1. The van der Waals surface area contributed by atoms with Gasteiger partial charge in [-0.1, -0.05) is 12.1 Å². The molecule has 5 aliphatic heterocycles. The fourth-order valence-corrected chi connectivity index (χ4v) is 10.1. The molecule has 6 heterocycles. The van der Waals surface area contributed by atoms with Crippen molar-refractivity contribution in [2.45, 2.75) is 174 Å². The van der Waals surface area contributed by atoms with Crippen LogP contribution in [0.4, 0.5) is 0 Å². The molecule has 0 bridgehead atoms. The minimum absolute atomic E-state index is 0.00527. The zero-order chi connectivity index (χ0) is 60.7. The Morgan fingerprint density at radius 1 is 0.536 bits per heavy atom. The average molecular weight is 1200 g/mol. The van der Waals surface area contributed by atoms with E-state index in [0.29, 0.717) is 5.56 Å². The van der Waals surface area contributed by atoms with Gasteiger partial charge in [-0.3, -0.25) is 4.79 Å². The molecule has 5 fully saturated rings. The average Bonchev–Trinajstić information content (AvgIpc) is 1.46. The highest BCUT2D eigenvalue weighted by Gasteiger charge is 2.55. The van der Waals surface area contributed by atoms with E-state index in [9.17, 15) is 91.3 Å². The van der Waals surface area contributed by atoms with E-state index in [1.54, 1.807) is 0 Å². The molecule has 25 atom stereocenters. The molecular weight excluding hydrogens is 1130 g/mol. The summed E-state index contributed by atoms with van der Waals surface area (Å²) in [6.07, 6.45) is -42.3. The maximum absolute atomic E-state index is 14.8. The number of phenols is 3. The summed E-state index contributed by atoms with van der Waals surface area (Å²) >= 11 is 0. The Labute approximate surface area is 475 Å². The summed E-state index contributed by atoms with van der Waals surface area (Å²) in [5.74, 6) is -3.70. The van der Waals surface area contributed by atoms with Crippen molar-refractivity contribution in [3.05, 3.63) is 82.5 Å². The summed E-state index contributed by atoms with van der Waals surface area (Å²) in [5, 5.41) is 172. The maximum atomic E-state index is 14.8. The van der Waals surface area contributed by atoms with Gasteiger partial charge in [-0.15, -0.1) is 0 Å². The van der Waals surface area contributed by atoms with Gasteiger partial charge < -0.3 is 138 Å². The Kier molecular flexibility index (Phi) is 19.5. The number of fused-ring (bicyclic) bond motifs is 1. The van der Waals surface area contributed by atoms with Crippen molar-refractivity contribution in [3.63, 3.8) is 0 Å². The third kappa shape index (κ3) is 13.0. The molecule has 462 valence electrons. The molecule has 1 aromatic heterocycles. The van der Waals surface area contributed by atoms with Crippen molar-refractivity contribution in [2.24, 2.45) is 0 Å². The first-order valence-electron chi connectivity index (χ1n) is 26.5. The summed E-state index contributed by atoms with van der Waals surface area (Å²) in [5.41, 5.74) is -1.10. The van der Waals surface area contributed by atoms with Crippen LogP contribution in [0.5, 0.6) is 28.7 Å². The topological polar surface area (TPSA) is 472 Å².